The fraction of sp³-hybridized carbons (Fsp3) is 0.100. The molecule has 4 rings (SSSR count). The van der Waals surface area contributed by atoms with Gasteiger partial charge in [0.15, 0.2) is 0 Å². The highest BCUT2D eigenvalue weighted by Gasteiger charge is 2.09. The Balaban J connectivity index is 1.83. The molecule has 0 spiro atoms. The van der Waals surface area contributed by atoms with Gasteiger partial charge in [0, 0.05) is 41.0 Å². The van der Waals surface area contributed by atoms with E-state index in [1.807, 2.05) is 36.4 Å². The normalized spacial score (nSPS) is 10.7. The molecule has 128 valence electrons. The smallest absolute Gasteiger partial charge is 0.212 e. The summed E-state index contributed by atoms with van der Waals surface area (Å²) in [4.78, 5) is 17.4. The Labute approximate surface area is 150 Å². The van der Waals surface area contributed by atoms with Crippen molar-refractivity contribution in [2.45, 2.75) is 0 Å². The number of hydrogen-bond acceptors (Lipinski definition) is 6. The first kappa shape index (κ1) is 16.0. The average molecular weight is 344 g/mol. The van der Waals surface area contributed by atoms with Crippen molar-refractivity contribution in [3.05, 3.63) is 61.2 Å². The third kappa shape index (κ3) is 2.93. The van der Waals surface area contributed by atoms with Crippen LogP contribution >= 0.6 is 0 Å². The van der Waals surface area contributed by atoms with E-state index >= 15 is 0 Å². The summed E-state index contributed by atoms with van der Waals surface area (Å²) in [6.07, 6.45) is 5.11. The van der Waals surface area contributed by atoms with Crippen molar-refractivity contribution in [1.29, 1.82) is 0 Å². The van der Waals surface area contributed by atoms with Crippen LogP contribution in [0.4, 0.5) is 0 Å². The van der Waals surface area contributed by atoms with Crippen LogP contribution in [0, 0.1) is 0 Å². The fourth-order valence-electron chi connectivity index (χ4n) is 2.78. The van der Waals surface area contributed by atoms with Crippen molar-refractivity contribution < 1.29 is 9.47 Å². The maximum atomic E-state index is 5.13. The van der Waals surface area contributed by atoms with Gasteiger partial charge in [-0.25, -0.2) is 19.9 Å². The summed E-state index contributed by atoms with van der Waals surface area (Å²) in [5, 5.41) is 0.952. The first-order chi connectivity index (χ1) is 12.8. The minimum atomic E-state index is 0.567. The lowest BCUT2D eigenvalue weighted by molar-refractivity contribution is 0.398. The molecule has 26 heavy (non-hydrogen) atoms. The van der Waals surface area contributed by atoms with Gasteiger partial charge in [-0.15, -0.1) is 0 Å². The van der Waals surface area contributed by atoms with Crippen molar-refractivity contribution >= 4 is 10.9 Å². The van der Waals surface area contributed by atoms with E-state index in [9.17, 15) is 0 Å². The number of fused-ring (bicyclic) bond motifs is 1. The molecule has 1 aromatic carbocycles. The molecular weight excluding hydrogens is 328 g/mol. The summed E-state index contributed by atoms with van der Waals surface area (Å²) in [5.41, 5.74) is 4.63. The zero-order valence-corrected chi connectivity index (χ0v) is 14.4. The second kappa shape index (κ2) is 6.76. The first-order valence-electron chi connectivity index (χ1n) is 8.04. The van der Waals surface area contributed by atoms with Crippen LogP contribution in [0.2, 0.25) is 0 Å². The Morgan fingerprint density at radius 3 is 1.92 bits per heavy atom. The van der Waals surface area contributed by atoms with Gasteiger partial charge in [0.2, 0.25) is 11.8 Å². The van der Waals surface area contributed by atoms with Crippen LogP contribution in [-0.4, -0.2) is 34.2 Å². The van der Waals surface area contributed by atoms with Gasteiger partial charge in [-0.05, 0) is 29.8 Å². The molecule has 3 heterocycles. The van der Waals surface area contributed by atoms with Crippen LogP contribution in [0.5, 0.6) is 11.8 Å². The summed E-state index contributed by atoms with van der Waals surface area (Å²) in [6, 6.07) is 13.7. The first-order valence-corrected chi connectivity index (χ1v) is 8.04. The van der Waals surface area contributed by atoms with Gasteiger partial charge >= 0.3 is 0 Å². The van der Waals surface area contributed by atoms with E-state index in [4.69, 9.17) is 9.47 Å². The minimum Gasteiger partial charge on any atom is -0.481 e. The molecule has 0 saturated carbocycles. The number of aromatic nitrogens is 4. The highest BCUT2D eigenvalue weighted by Crippen LogP contribution is 2.30. The van der Waals surface area contributed by atoms with Gasteiger partial charge < -0.3 is 9.47 Å². The largest absolute Gasteiger partial charge is 0.481 e. The van der Waals surface area contributed by atoms with E-state index in [-0.39, 0.29) is 0 Å². The lowest BCUT2D eigenvalue weighted by atomic mass is 10.0. The zero-order chi connectivity index (χ0) is 17.9. The molecule has 0 bridgehead atoms. The van der Waals surface area contributed by atoms with E-state index < -0.39 is 0 Å². The molecule has 0 amide bonds. The monoisotopic (exact) mass is 344 g/mol. The van der Waals surface area contributed by atoms with E-state index in [1.54, 1.807) is 32.9 Å². The molecular formula is C20H16N4O2. The maximum Gasteiger partial charge on any atom is 0.212 e. The van der Waals surface area contributed by atoms with Gasteiger partial charge in [-0.3, -0.25) is 0 Å². The van der Waals surface area contributed by atoms with Crippen molar-refractivity contribution in [2.75, 3.05) is 14.2 Å². The molecule has 0 unspecified atom stereocenters. The SMILES string of the molecule is COc1ccc(-c2ccc3ncnc(-c4ccc(OC)nc4)c3c2)cn1. The van der Waals surface area contributed by atoms with Crippen LogP contribution in [0.3, 0.4) is 0 Å². The van der Waals surface area contributed by atoms with Crippen LogP contribution in [0.15, 0.2) is 61.2 Å². The Morgan fingerprint density at radius 1 is 0.654 bits per heavy atom. The Morgan fingerprint density at radius 2 is 1.31 bits per heavy atom. The molecule has 6 nitrogen and oxygen atoms in total. The van der Waals surface area contributed by atoms with Crippen molar-refractivity contribution in [1.82, 2.24) is 19.9 Å². The van der Waals surface area contributed by atoms with Crippen molar-refractivity contribution in [3.8, 4) is 34.1 Å². The lowest BCUT2D eigenvalue weighted by Crippen LogP contribution is -1.92. The van der Waals surface area contributed by atoms with Gasteiger partial charge in [-0.2, -0.15) is 0 Å². The van der Waals surface area contributed by atoms with Gasteiger partial charge in [-0.1, -0.05) is 6.07 Å². The molecule has 4 aromatic rings. The summed E-state index contributed by atoms with van der Waals surface area (Å²) in [6.45, 7) is 0. The number of methoxy groups -OCH3 is 2. The summed E-state index contributed by atoms with van der Waals surface area (Å²) >= 11 is 0. The fourth-order valence-corrected chi connectivity index (χ4v) is 2.78. The number of nitrogens with zero attached hydrogens (tertiary/aromatic N) is 4. The van der Waals surface area contributed by atoms with Gasteiger partial charge in [0.25, 0.3) is 0 Å². The average Bonchev–Trinajstić information content (AvgIpc) is 2.73. The van der Waals surface area contributed by atoms with E-state index in [2.05, 4.69) is 26.0 Å². The highest BCUT2D eigenvalue weighted by atomic mass is 16.5. The lowest BCUT2D eigenvalue weighted by Gasteiger charge is -2.08. The van der Waals surface area contributed by atoms with Crippen LogP contribution in [0.1, 0.15) is 0 Å². The van der Waals surface area contributed by atoms with Crippen LogP contribution in [0.25, 0.3) is 33.3 Å². The topological polar surface area (TPSA) is 70.0 Å². The predicted molar refractivity (Wildman–Crippen MR) is 99.1 cm³/mol. The Hall–Kier alpha value is -3.54. The van der Waals surface area contributed by atoms with Gasteiger partial charge in [0.1, 0.15) is 6.33 Å². The molecule has 0 fully saturated rings. The third-order valence-corrected chi connectivity index (χ3v) is 4.13. The molecule has 0 N–H and O–H groups in total. The molecule has 6 heteroatoms. The summed E-state index contributed by atoms with van der Waals surface area (Å²) < 4.78 is 10.3. The van der Waals surface area contributed by atoms with Crippen molar-refractivity contribution in [2.24, 2.45) is 0 Å². The number of rotatable bonds is 4. The number of pyridine rings is 2. The number of benzene rings is 1. The Kier molecular flexibility index (Phi) is 4.15. The quantitative estimate of drug-likeness (QED) is 0.561. The Bertz CT molecular complexity index is 1050. The summed E-state index contributed by atoms with van der Waals surface area (Å²) in [5.74, 6) is 1.15. The molecule has 0 radical (unpaired) electrons. The molecule has 0 aliphatic heterocycles. The van der Waals surface area contributed by atoms with Crippen molar-refractivity contribution in [3.63, 3.8) is 0 Å². The minimum absolute atomic E-state index is 0.567. The number of ether oxygens (including phenoxy) is 2. The summed E-state index contributed by atoms with van der Waals surface area (Å²) in [7, 11) is 3.20. The second-order valence-electron chi connectivity index (χ2n) is 5.63. The molecule has 0 aliphatic rings. The molecule has 0 atom stereocenters. The number of hydrogen-bond donors (Lipinski definition) is 0. The van der Waals surface area contributed by atoms with Crippen LogP contribution < -0.4 is 9.47 Å². The third-order valence-electron chi connectivity index (χ3n) is 4.13. The van der Waals surface area contributed by atoms with Gasteiger partial charge in [0.05, 0.1) is 25.4 Å². The zero-order valence-electron chi connectivity index (χ0n) is 14.4. The highest BCUT2D eigenvalue weighted by molar-refractivity contribution is 5.94. The second-order valence-corrected chi connectivity index (χ2v) is 5.63. The molecule has 3 aromatic heterocycles. The molecule has 0 saturated heterocycles. The predicted octanol–water partition coefficient (Wildman–Crippen LogP) is 3.77. The van der Waals surface area contributed by atoms with E-state index in [0.717, 1.165) is 33.3 Å². The van der Waals surface area contributed by atoms with E-state index in [0.29, 0.717) is 11.8 Å². The maximum absolute atomic E-state index is 5.13. The standard InChI is InChI=1S/C20H16N4O2/c1-25-18-7-4-14(10-21-18)13-3-6-17-16(9-13)20(24-12-23-17)15-5-8-19(26-2)22-11-15/h3-12H,1-2H3. The molecule has 0 aliphatic carbocycles. The van der Waals surface area contributed by atoms with E-state index in [1.165, 1.54) is 0 Å². The van der Waals surface area contributed by atoms with Crippen LogP contribution in [-0.2, 0) is 0 Å².